The van der Waals surface area contributed by atoms with Gasteiger partial charge in [-0.05, 0) is 37.5 Å². The highest BCUT2D eigenvalue weighted by atomic mass is 35.5. The number of nitrogens with zero attached hydrogens (tertiary/aromatic N) is 1. The zero-order valence-corrected chi connectivity index (χ0v) is 11.8. The molecule has 4 heteroatoms. The molecule has 1 amide bonds. The molecule has 0 bridgehead atoms. The van der Waals surface area contributed by atoms with Crippen LogP contribution in [0.15, 0.2) is 18.2 Å². The van der Waals surface area contributed by atoms with Gasteiger partial charge >= 0.3 is 0 Å². The van der Waals surface area contributed by atoms with Crippen LogP contribution < -0.4 is 5.32 Å². The molecule has 1 fully saturated rings. The van der Waals surface area contributed by atoms with Crippen molar-refractivity contribution in [1.29, 1.82) is 5.26 Å². The fraction of sp³-hybridized carbons (Fsp3) is 0.467. The number of carbonyl (C=O) groups is 1. The first-order valence-corrected chi connectivity index (χ1v) is 7.00. The minimum absolute atomic E-state index is 0.0319. The lowest BCUT2D eigenvalue weighted by molar-refractivity contribution is -0.125. The molecule has 1 aromatic rings. The molecule has 0 heterocycles. The highest BCUT2D eigenvalue weighted by Gasteiger charge is 2.39. The number of carbonyl (C=O) groups excluding carboxylic acids is 1. The quantitative estimate of drug-likeness (QED) is 0.903. The number of nitrogens with one attached hydrogen (secondary N) is 1. The molecular formula is C15H17ClN2O. The van der Waals surface area contributed by atoms with Crippen molar-refractivity contribution in [3.8, 4) is 6.07 Å². The molecule has 0 spiro atoms. The first-order chi connectivity index (χ1) is 9.11. The maximum Gasteiger partial charge on any atom is 0.230 e. The van der Waals surface area contributed by atoms with E-state index in [1.165, 1.54) is 0 Å². The summed E-state index contributed by atoms with van der Waals surface area (Å²) in [5, 5.41) is 12.3. The molecule has 1 aromatic carbocycles. The first kappa shape index (κ1) is 13.9. The Labute approximate surface area is 118 Å². The van der Waals surface area contributed by atoms with Gasteiger partial charge in [0.1, 0.15) is 0 Å². The Morgan fingerprint density at radius 2 is 2.16 bits per heavy atom. The Balaban J connectivity index is 2.21. The number of hydrogen-bond acceptors (Lipinski definition) is 2. The number of rotatable bonds is 3. The van der Waals surface area contributed by atoms with Crippen molar-refractivity contribution in [2.45, 2.75) is 39.0 Å². The molecule has 0 saturated heterocycles. The third-order valence-electron chi connectivity index (χ3n) is 4.06. The van der Waals surface area contributed by atoms with Gasteiger partial charge < -0.3 is 5.32 Å². The monoisotopic (exact) mass is 276 g/mol. The van der Waals surface area contributed by atoms with E-state index in [-0.39, 0.29) is 11.3 Å². The summed E-state index contributed by atoms with van der Waals surface area (Å²) in [6, 6.07) is 6.96. The van der Waals surface area contributed by atoms with Crippen LogP contribution in [0.2, 0.25) is 5.02 Å². The van der Waals surface area contributed by atoms with E-state index in [9.17, 15) is 4.79 Å². The first-order valence-electron chi connectivity index (χ1n) is 6.62. The van der Waals surface area contributed by atoms with Gasteiger partial charge in [0, 0.05) is 5.41 Å². The zero-order chi connectivity index (χ0) is 13.9. The van der Waals surface area contributed by atoms with E-state index in [0.717, 1.165) is 32.1 Å². The van der Waals surface area contributed by atoms with Gasteiger partial charge in [-0.15, -0.1) is 0 Å². The summed E-state index contributed by atoms with van der Waals surface area (Å²) < 4.78 is 0. The number of hydrogen-bond donors (Lipinski definition) is 1. The SMILES string of the molecule is CCC1(C(=O)Nc2cc(C#N)ccc2Cl)CCCC1. The van der Waals surface area contributed by atoms with E-state index in [1.807, 2.05) is 0 Å². The number of amides is 1. The molecule has 0 radical (unpaired) electrons. The Morgan fingerprint density at radius 3 is 2.74 bits per heavy atom. The molecule has 0 atom stereocenters. The van der Waals surface area contributed by atoms with Gasteiger partial charge in [0.15, 0.2) is 0 Å². The lowest BCUT2D eigenvalue weighted by Crippen LogP contribution is -2.33. The summed E-state index contributed by atoms with van der Waals surface area (Å²) in [5.41, 5.74) is 0.772. The van der Waals surface area contributed by atoms with Crippen LogP contribution in [0, 0.1) is 16.7 Å². The van der Waals surface area contributed by atoms with Crippen LogP contribution in [-0.4, -0.2) is 5.91 Å². The molecule has 0 aromatic heterocycles. The summed E-state index contributed by atoms with van der Waals surface area (Å²) >= 11 is 6.07. The van der Waals surface area contributed by atoms with Gasteiger partial charge in [-0.1, -0.05) is 31.4 Å². The molecule has 19 heavy (non-hydrogen) atoms. The van der Waals surface area contributed by atoms with Crippen LogP contribution in [0.4, 0.5) is 5.69 Å². The van der Waals surface area contributed by atoms with Crippen molar-refractivity contribution in [2.75, 3.05) is 5.32 Å². The molecule has 1 saturated carbocycles. The second-order valence-corrected chi connectivity index (χ2v) is 5.51. The number of halogens is 1. The van der Waals surface area contributed by atoms with Crippen molar-refractivity contribution in [2.24, 2.45) is 5.41 Å². The average molecular weight is 277 g/mol. The highest BCUT2D eigenvalue weighted by molar-refractivity contribution is 6.33. The topological polar surface area (TPSA) is 52.9 Å². The number of benzene rings is 1. The predicted molar refractivity (Wildman–Crippen MR) is 76.0 cm³/mol. The van der Waals surface area contributed by atoms with Gasteiger partial charge in [-0.25, -0.2) is 0 Å². The minimum Gasteiger partial charge on any atom is -0.324 e. The zero-order valence-electron chi connectivity index (χ0n) is 11.0. The van der Waals surface area contributed by atoms with Crippen LogP contribution in [0.1, 0.15) is 44.6 Å². The lowest BCUT2D eigenvalue weighted by Gasteiger charge is -2.26. The second kappa shape index (κ2) is 5.63. The van der Waals surface area contributed by atoms with E-state index in [2.05, 4.69) is 18.3 Å². The molecule has 3 nitrogen and oxygen atoms in total. The van der Waals surface area contributed by atoms with E-state index in [0.29, 0.717) is 16.3 Å². The summed E-state index contributed by atoms with van der Waals surface area (Å²) in [7, 11) is 0. The Morgan fingerprint density at radius 1 is 1.47 bits per heavy atom. The van der Waals surface area contributed by atoms with E-state index in [4.69, 9.17) is 16.9 Å². The normalized spacial score (nSPS) is 16.9. The molecular weight excluding hydrogens is 260 g/mol. The molecule has 0 aliphatic heterocycles. The number of nitriles is 1. The fourth-order valence-electron chi connectivity index (χ4n) is 2.74. The Bertz CT molecular complexity index is 527. The third-order valence-corrected chi connectivity index (χ3v) is 4.39. The van der Waals surface area contributed by atoms with E-state index >= 15 is 0 Å². The van der Waals surface area contributed by atoms with Crippen molar-refractivity contribution < 1.29 is 4.79 Å². The second-order valence-electron chi connectivity index (χ2n) is 5.10. The van der Waals surface area contributed by atoms with Crippen molar-refractivity contribution in [3.63, 3.8) is 0 Å². The highest BCUT2D eigenvalue weighted by Crippen LogP contribution is 2.42. The standard InChI is InChI=1S/C15H17ClN2O/c1-2-15(7-3-4-8-15)14(19)18-13-9-11(10-17)5-6-12(13)16/h5-6,9H,2-4,7-8H2,1H3,(H,18,19). The Hall–Kier alpha value is -1.53. The van der Waals surface area contributed by atoms with Crippen molar-refractivity contribution in [3.05, 3.63) is 28.8 Å². The Kier molecular flexibility index (Phi) is 4.11. The van der Waals surface area contributed by atoms with Crippen LogP contribution in [0.3, 0.4) is 0 Å². The largest absolute Gasteiger partial charge is 0.324 e. The summed E-state index contributed by atoms with van der Waals surface area (Å²) in [6.07, 6.45) is 4.92. The van der Waals surface area contributed by atoms with Crippen molar-refractivity contribution in [1.82, 2.24) is 0 Å². The summed E-state index contributed by atoms with van der Waals surface area (Å²) in [6.45, 7) is 2.05. The van der Waals surface area contributed by atoms with Crippen LogP contribution in [0.5, 0.6) is 0 Å². The molecule has 2 rings (SSSR count). The van der Waals surface area contributed by atoms with Crippen LogP contribution in [0.25, 0.3) is 0 Å². The predicted octanol–water partition coefficient (Wildman–Crippen LogP) is 4.12. The minimum atomic E-state index is -0.258. The number of anilines is 1. The van der Waals surface area contributed by atoms with Gasteiger partial charge in [0.05, 0.1) is 22.3 Å². The maximum atomic E-state index is 12.5. The van der Waals surface area contributed by atoms with Crippen LogP contribution in [-0.2, 0) is 4.79 Å². The smallest absolute Gasteiger partial charge is 0.230 e. The van der Waals surface area contributed by atoms with Crippen LogP contribution >= 0.6 is 11.6 Å². The molecule has 100 valence electrons. The molecule has 1 N–H and O–H groups in total. The van der Waals surface area contributed by atoms with Gasteiger partial charge in [-0.3, -0.25) is 4.79 Å². The van der Waals surface area contributed by atoms with Crippen molar-refractivity contribution >= 4 is 23.2 Å². The van der Waals surface area contributed by atoms with Gasteiger partial charge in [-0.2, -0.15) is 5.26 Å². The maximum absolute atomic E-state index is 12.5. The lowest BCUT2D eigenvalue weighted by atomic mass is 9.82. The summed E-state index contributed by atoms with van der Waals surface area (Å²) in [4.78, 5) is 12.5. The van der Waals surface area contributed by atoms with Gasteiger partial charge in [0.2, 0.25) is 5.91 Å². The van der Waals surface area contributed by atoms with Gasteiger partial charge in [0.25, 0.3) is 0 Å². The fourth-order valence-corrected chi connectivity index (χ4v) is 2.90. The molecule has 0 unspecified atom stereocenters. The van der Waals surface area contributed by atoms with E-state index < -0.39 is 0 Å². The molecule has 1 aliphatic carbocycles. The molecule has 1 aliphatic rings. The summed E-state index contributed by atoms with van der Waals surface area (Å²) in [5.74, 6) is 0.0319. The third kappa shape index (κ3) is 2.74. The van der Waals surface area contributed by atoms with E-state index in [1.54, 1.807) is 18.2 Å². The average Bonchev–Trinajstić information content (AvgIpc) is 2.91.